The van der Waals surface area contributed by atoms with E-state index in [1.165, 1.54) is 6.08 Å². The van der Waals surface area contributed by atoms with Crippen LogP contribution < -0.4 is 0 Å². The molecular formula is C9H8N4. The predicted octanol–water partition coefficient (Wildman–Crippen LogP) is 1.16. The normalized spacial score (nSPS) is 8.62. The Balaban J connectivity index is 3.20. The van der Waals surface area contributed by atoms with E-state index in [-0.39, 0.29) is 5.57 Å². The Morgan fingerprint density at radius 3 is 2.54 bits per heavy atom. The molecule has 0 saturated heterocycles. The Labute approximate surface area is 76.3 Å². The van der Waals surface area contributed by atoms with E-state index in [0.29, 0.717) is 0 Å². The number of aromatic nitrogens is 2. The number of rotatable bonds is 1. The van der Waals surface area contributed by atoms with Gasteiger partial charge in [0.15, 0.2) is 0 Å². The number of allylic oxidation sites excluding steroid dienone is 1. The van der Waals surface area contributed by atoms with E-state index in [9.17, 15) is 0 Å². The van der Waals surface area contributed by atoms with Gasteiger partial charge in [0.25, 0.3) is 0 Å². The maximum atomic E-state index is 8.54. The molecule has 0 aromatic carbocycles. The Kier molecular flexibility index (Phi) is 2.47. The molecule has 4 nitrogen and oxygen atoms in total. The fourth-order valence-electron chi connectivity index (χ4n) is 0.990. The summed E-state index contributed by atoms with van der Waals surface area (Å²) in [6.07, 6.45) is 3.22. The molecule has 0 bridgehead atoms. The molecule has 1 rings (SSSR count). The number of nitrogens with zero attached hydrogens (tertiary/aromatic N) is 4. The highest BCUT2D eigenvalue weighted by atomic mass is 15.3. The zero-order chi connectivity index (χ0) is 9.84. The van der Waals surface area contributed by atoms with Crippen LogP contribution >= 0.6 is 0 Å². The summed E-state index contributed by atoms with van der Waals surface area (Å²) in [5, 5.41) is 21.1. The van der Waals surface area contributed by atoms with Crippen molar-refractivity contribution >= 4 is 6.08 Å². The maximum absolute atomic E-state index is 8.54. The third kappa shape index (κ3) is 1.74. The fourth-order valence-corrected chi connectivity index (χ4v) is 0.990. The van der Waals surface area contributed by atoms with Crippen LogP contribution in [0.5, 0.6) is 0 Å². The summed E-state index contributed by atoms with van der Waals surface area (Å²) in [5.41, 5.74) is 1.83. The van der Waals surface area contributed by atoms with Crippen LogP contribution in [-0.4, -0.2) is 9.78 Å². The highest BCUT2D eigenvalue weighted by Gasteiger charge is 2.02. The van der Waals surface area contributed by atoms with Crippen molar-refractivity contribution in [3.63, 3.8) is 0 Å². The first kappa shape index (κ1) is 9.02. The minimum atomic E-state index is 0.0895. The molecule has 0 unspecified atom stereocenters. The summed E-state index contributed by atoms with van der Waals surface area (Å²) in [6, 6.07) is 3.61. The van der Waals surface area contributed by atoms with Crippen molar-refractivity contribution in [3.8, 4) is 12.1 Å². The molecule has 1 aromatic heterocycles. The van der Waals surface area contributed by atoms with Gasteiger partial charge in [-0.25, -0.2) is 0 Å². The Hall–Kier alpha value is -2.07. The number of aryl methyl sites for hydroxylation is 2. The summed E-state index contributed by atoms with van der Waals surface area (Å²) in [4.78, 5) is 0. The molecule has 64 valence electrons. The van der Waals surface area contributed by atoms with Crippen LogP contribution in [-0.2, 0) is 7.05 Å². The number of nitriles is 2. The smallest absolute Gasteiger partial charge is 0.131 e. The lowest BCUT2D eigenvalue weighted by Gasteiger charge is -1.94. The first-order valence-corrected chi connectivity index (χ1v) is 3.69. The largest absolute Gasteiger partial charge is 0.268 e. The molecular weight excluding hydrogens is 164 g/mol. The van der Waals surface area contributed by atoms with Crippen molar-refractivity contribution < 1.29 is 0 Å². The molecule has 0 amide bonds. The van der Waals surface area contributed by atoms with Gasteiger partial charge in [-0.15, -0.1) is 0 Å². The van der Waals surface area contributed by atoms with E-state index in [1.54, 1.807) is 30.1 Å². The lowest BCUT2D eigenvalue weighted by molar-refractivity contribution is 0.759. The first-order valence-electron chi connectivity index (χ1n) is 3.69. The molecule has 0 saturated carbocycles. The van der Waals surface area contributed by atoms with Crippen LogP contribution in [0.3, 0.4) is 0 Å². The second-order valence-electron chi connectivity index (χ2n) is 2.62. The number of hydrogen-bond acceptors (Lipinski definition) is 3. The van der Waals surface area contributed by atoms with Crippen molar-refractivity contribution in [1.29, 1.82) is 10.5 Å². The fraction of sp³-hybridized carbons (Fsp3) is 0.222. The van der Waals surface area contributed by atoms with Crippen LogP contribution in [0.2, 0.25) is 0 Å². The lowest BCUT2D eigenvalue weighted by Crippen LogP contribution is -1.93. The zero-order valence-electron chi connectivity index (χ0n) is 7.44. The van der Waals surface area contributed by atoms with Gasteiger partial charge in [0.2, 0.25) is 0 Å². The van der Waals surface area contributed by atoms with E-state index in [2.05, 4.69) is 5.10 Å². The summed E-state index contributed by atoms with van der Waals surface area (Å²) >= 11 is 0. The van der Waals surface area contributed by atoms with Crippen molar-refractivity contribution in [2.75, 3.05) is 0 Å². The molecule has 0 aliphatic heterocycles. The Morgan fingerprint density at radius 2 is 2.15 bits per heavy atom. The van der Waals surface area contributed by atoms with Gasteiger partial charge in [-0.3, -0.25) is 4.68 Å². The van der Waals surface area contributed by atoms with Gasteiger partial charge in [-0.2, -0.15) is 15.6 Å². The Morgan fingerprint density at radius 1 is 1.54 bits per heavy atom. The van der Waals surface area contributed by atoms with E-state index >= 15 is 0 Å². The number of hydrogen-bond donors (Lipinski definition) is 0. The first-order chi connectivity index (χ1) is 6.19. The minimum absolute atomic E-state index is 0.0895. The SMILES string of the molecule is Cc1cnn(C)c1C=C(C#N)C#N. The van der Waals surface area contributed by atoms with E-state index in [0.717, 1.165) is 11.3 Å². The summed E-state index contributed by atoms with van der Waals surface area (Å²) in [5.74, 6) is 0. The maximum Gasteiger partial charge on any atom is 0.131 e. The summed E-state index contributed by atoms with van der Waals surface area (Å²) in [6.45, 7) is 1.88. The summed E-state index contributed by atoms with van der Waals surface area (Å²) in [7, 11) is 1.77. The van der Waals surface area contributed by atoms with Crippen LogP contribution in [0.15, 0.2) is 11.8 Å². The Bertz CT molecular complexity index is 390. The van der Waals surface area contributed by atoms with Gasteiger partial charge >= 0.3 is 0 Å². The van der Waals surface area contributed by atoms with E-state index < -0.39 is 0 Å². The highest BCUT2D eigenvalue weighted by Crippen LogP contribution is 2.09. The van der Waals surface area contributed by atoms with Gasteiger partial charge in [0, 0.05) is 7.05 Å². The van der Waals surface area contributed by atoms with Crippen molar-refractivity contribution in [1.82, 2.24) is 9.78 Å². The summed E-state index contributed by atoms with van der Waals surface area (Å²) < 4.78 is 1.63. The van der Waals surface area contributed by atoms with Crippen molar-refractivity contribution in [2.45, 2.75) is 6.92 Å². The molecule has 1 heterocycles. The molecule has 0 atom stereocenters. The third-order valence-corrected chi connectivity index (χ3v) is 1.70. The zero-order valence-corrected chi connectivity index (χ0v) is 7.44. The second kappa shape index (κ2) is 3.55. The van der Waals surface area contributed by atoms with Gasteiger partial charge in [0.1, 0.15) is 17.7 Å². The van der Waals surface area contributed by atoms with Crippen molar-refractivity contribution in [2.24, 2.45) is 7.05 Å². The molecule has 4 heteroatoms. The van der Waals surface area contributed by atoms with E-state index in [4.69, 9.17) is 10.5 Å². The molecule has 13 heavy (non-hydrogen) atoms. The molecule has 0 radical (unpaired) electrons. The third-order valence-electron chi connectivity index (χ3n) is 1.70. The van der Waals surface area contributed by atoms with Crippen LogP contribution in [0.4, 0.5) is 0 Å². The monoisotopic (exact) mass is 172 g/mol. The second-order valence-corrected chi connectivity index (χ2v) is 2.62. The molecule has 0 aliphatic rings. The molecule has 0 aliphatic carbocycles. The van der Waals surface area contributed by atoms with Crippen LogP contribution in [0.1, 0.15) is 11.3 Å². The van der Waals surface area contributed by atoms with Gasteiger partial charge in [-0.1, -0.05) is 0 Å². The standard InChI is InChI=1S/C9H8N4/c1-7-6-12-13(2)9(7)3-8(4-10)5-11/h3,6H,1-2H3. The van der Waals surface area contributed by atoms with Crippen LogP contribution in [0.25, 0.3) is 6.08 Å². The molecule has 1 aromatic rings. The average Bonchev–Trinajstić information content (AvgIpc) is 2.44. The molecule has 0 spiro atoms. The van der Waals surface area contributed by atoms with Gasteiger partial charge in [0.05, 0.1) is 11.9 Å². The molecule has 0 fully saturated rings. The minimum Gasteiger partial charge on any atom is -0.268 e. The van der Waals surface area contributed by atoms with Gasteiger partial charge < -0.3 is 0 Å². The van der Waals surface area contributed by atoms with Crippen molar-refractivity contribution in [3.05, 3.63) is 23.0 Å². The van der Waals surface area contributed by atoms with Crippen LogP contribution in [0, 0.1) is 29.6 Å². The topological polar surface area (TPSA) is 65.4 Å². The average molecular weight is 172 g/mol. The highest BCUT2D eigenvalue weighted by molar-refractivity contribution is 5.61. The predicted molar refractivity (Wildman–Crippen MR) is 47.1 cm³/mol. The van der Waals surface area contributed by atoms with Gasteiger partial charge in [-0.05, 0) is 18.6 Å². The molecule has 0 N–H and O–H groups in total. The quantitative estimate of drug-likeness (QED) is 0.597. The van der Waals surface area contributed by atoms with E-state index in [1.807, 2.05) is 6.92 Å². The lowest BCUT2D eigenvalue weighted by atomic mass is 10.2.